The van der Waals surface area contributed by atoms with E-state index in [-0.39, 0.29) is 35.9 Å². The van der Waals surface area contributed by atoms with Crippen LogP contribution in [-0.4, -0.2) is 51.2 Å². The molecule has 0 spiro atoms. The highest BCUT2D eigenvalue weighted by molar-refractivity contribution is 7.80. The summed E-state index contributed by atoms with van der Waals surface area (Å²) >= 11 is 5.70. The van der Waals surface area contributed by atoms with Crippen LogP contribution in [0, 0.1) is 0 Å². The number of benzene rings is 2. The standard InChI is InChI=1S/C28H30N4O5S/c1-2-37-26(34)24-23(15-16-29-24)32(27(38)30-25(33)19-10-4-3-5-11-19)18-20-12-6-7-13-21(20)22-14-8-9-17-31(22)28(35)36/h3-7,10-13,15-16,22,29H,2,8-9,14,17-18H2,1H3,(H,35,36)(H,30,33,38). The van der Waals surface area contributed by atoms with Gasteiger partial charge in [-0.25, -0.2) is 9.59 Å². The summed E-state index contributed by atoms with van der Waals surface area (Å²) in [7, 11) is 0. The third-order valence-electron chi connectivity index (χ3n) is 6.49. The van der Waals surface area contributed by atoms with Crippen molar-refractivity contribution in [3.05, 3.63) is 89.2 Å². The predicted molar refractivity (Wildman–Crippen MR) is 147 cm³/mol. The molecule has 2 heterocycles. The molecule has 0 aliphatic carbocycles. The van der Waals surface area contributed by atoms with E-state index in [1.165, 1.54) is 4.90 Å². The zero-order chi connectivity index (χ0) is 27.1. The van der Waals surface area contributed by atoms with E-state index in [0.29, 0.717) is 24.2 Å². The van der Waals surface area contributed by atoms with Crippen LogP contribution in [0.2, 0.25) is 0 Å². The lowest BCUT2D eigenvalue weighted by Crippen LogP contribution is -2.43. The zero-order valence-electron chi connectivity index (χ0n) is 21.1. The second-order valence-electron chi connectivity index (χ2n) is 8.86. The van der Waals surface area contributed by atoms with Gasteiger partial charge >= 0.3 is 12.1 Å². The number of hydrogen-bond donors (Lipinski definition) is 3. The highest BCUT2D eigenvalue weighted by Gasteiger charge is 2.30. The number of ether oxygens (including phenoxy) is 1. The number of likely N-dealkylation sites (tertiary alicyclic amines) is 1. The molecule has 3 N–H and O–H groups in total. The minimum atomic E-state index is -0.956. The molecule has 1 unspecified atom stereocenters. The van der Waals surface area contributed by atoms with Gasteiger partial charge < -0.3 is 24.6 Å². The number of amides is 2. The molecule has 9 nitrogen and oxygen atoms in total. The van der Waals surface area contributed by atoms with Gasteiger partial charge in [-0.1, -0.05) is 42.5 Å². The molecule has 1 aliphatic rings. The van der Waals surface area contributed by atoms with Crippen LogP contribution >= 0.6 is 12.2 Å². The van der Waals surface area contributed by atoms with Gasteiger partial charge in [-0.3, -0.25) is 10.1 Å². The summed E-state index contributed by atoms with van der Waals surface area (Å²) in [6, 6.07) is 17.7. The molecule has 3 aromatic rings. The number of rotatable bonds is 7. The lowest BCUT2D eigenvalue weighted by Gasteiger charge is -2.35. The number of carbonyl (C=O) groups is 3. The van der Waals surface area contributed by atoms with E-state index in [2.05, 4.69) is 10.3 Å². The van der Waals surface area contributed by atoms with E-state index >= 15 is 0 Å². The first-order valence-corrected chi connectivity index (χ1v) is 12.9. The lowest BCUT2D eigenvalue weighted by atomic mass is 9.92. The largest absolute Gasteiger partial charge is 0.465 e. The maximum Gasteiger partial charge on any atom is 0.407 e. The van der Waals surface area contributed by atoms with Gasteiger partial charge in [0.2, 0.25) is 0 Å². The van der Waals surface area contributed by atoms with Crippen LogP contribution in [0.3, 0.4) is 0 Å². The molecule has 2 amide bonds. The molecule has 0 radical (unpaired) electrons. The van der Waals surface area contributed by atoms with Crippen LogP contribution in [0.5, 0.6) is 0 Å². The van der Waals surface area contributed by atoms with Crippen LogP contribution < -0.4 is 10.2 Å². The number of hydrogen-bond acceptors (Lipinski definition) is 5. The first kappa shape index (κ1) is 26.9. The Hall–Kier alpha value is -4.18. The number of anilines is 1. The summed E-state index contributed by atoms with van der Waals surface area (Å²) in [5, 5.41) is 12.7. The molecule has 1 saturated heterocycles. The average molecular weight is 535 g/mol. The number of H-pyrrole nitrogens is 1. The smallest absolute Gasteiger partial charge is 0.407 e. The maximum absolute atomic E-state index is 12.9. The highest BCUT2D eigenvalue weighted by atomic mass is 32.1. The topological polar surface area (TPSA) is 115 Å². The Morgan fingerprint density at radius 1 is 1.11 bits per heavy atom. The number of aromatic nitrogens is 1. The number of carbonyl (C=O) groups excluding carboxylic acids is 2. The molecule has 0 saturated carbocycles. The molecule has 198 valence electrons. The van der Waals surface area contributed by atoms with Crippen molar-refractivity contribution >= 4 is 41.0 Å². The molecule has 1 atom stereocenters. The van der Waals surface area contributed by atoms with Gasteiger partial charge in [0.15, 0.2) is 5.11 Å². The number of aromatic amines is 1. The van der Waals surface area contributed by atoms with Crippen molar-refractivity contribution in [3.8, 4) is 0 Å². The van der Waals surface area contributed by atoms with E-state index in [0.717, 1.165) is 24.0 Å². The van der Waals surface area contributed by atoms with E-state index < -0.39 is 12.1 Å². The van der Waals surface area contributed by atoms with Crippen LogP contribution in [0.4, 0.5) is 10.5 Å². The Labute approximate surface area is 226 Å². The molecule has 1 fully saturated rings. The predicted octanol–water partition coefficient (Wildman–Crippen LogP) is 5.12. The van der Waals surface area contributed by atoms with E-state index in [1.54, 1.807) is 48.4 Å². The van der Waals surface area contributed by atoms with Gasteiger partial charge in [-0.05, 0) is 67.7 Å². The normalized spacial score (nSPS) is 15.0. The van der Waals surface area contributed by atoms with Crippen LogP contribution in [0.25, 0.3) is 0 Å². The molecular weight excluding hydrogens is 504 g/mol. The van der Waals surface area contributed by atoms with Crippen LogP contribution in [0.15, 0.2) is 66.9 Å². The molecular formula is C28H30N4O5S. The Bertz CT molecular complexity index is 1310. The van der Waals surface area contributed by atoms with E-state index in [9.17, 15) is 19.5 Å². The molecule has 10 heteroatoms. The van der Waals surface area contributed by atoms with E-state index in [4.69, 9.17) is 17.0 Å². The first-order chi connectivity index (χ1) is 18.4. The third-order valence-corrected chi connectivity index (χ3v) is 6.81. The van der Waals surface area contributed by atoms with Gasteiger partial charge in [-0.2, -0.15) is 0 Å². The summed E-state index contributed by atoms with van der Waals surface area (Å²) in [4.78, 5) is 43.7. The minimum Gasteiger partial charge on any atom is -0.465 e. The van der Waals surface area contributed by atoms with Gasteiger partial charge in [0.1, 0.15) is 5.69 Å². The number of nitrogens with one attached hydrogen (secondary N) is 2. The summed E-state index contributed by atoms with van der Waals surface area (Å²) in [6.07, 6.45) is 3.09. The van der Waals surface area contributed by atoms with Crippen molar-refractivity contribution in [2.24, 2.45) is 0 Å². The average Bonchev–Trinajstić information content (AvgIpc) is 3.42. The van der Waals surface area contributed by atoms with Gasteiger partial charge in [0, 0.05) is 18.3 Å². The fourth-order valence-electron chi connectivity index (χ4n) is 4.70. The van der Waals surface area contributed by atoms with Crippen LogP contribution in [-0.2, 0) is 11.3 Å². The van der Waals surface area contributed by atoms with Crippen molar-refractivity contribution in [1.29, 1.82) is 0 Å². The van der Waals surface area contributed by atoms with Crippen LogP contribution in [0.1, 0.15) is 64.2 Å². The van der Waals surface area contributed by atoms with E-state index in [1.807, 2.05) is 30.3 Å². The Balaban J connectivity index is 1.71. The second-order valence-corrected chi connectivity index (χ2v) is 9.24. The van der Waals surface area contributed by atoms with Crippen molar-refractivity contribution in [3.63, 3.8) is 0 Å². The number of nitrogens with zero attached hydrogens (tertiary/aromatic N) is 2. The zero-order valence-corrected chi connectivity index (χ0v) is 21.9. The van der Waals surface area contributed by atoms with Crippen molar-refractivity contribution < 1.29 is 24.2 Å². The number of thiocarbonyl (C=S) groups is 1. The third kappa shape index (κ3) is 6.03. The van der Waals surface area contributed by atoms with Gasteiger partial charge in [0.25, 0.3) is 5.91 Å². The Morgan fingerprint density at radius 2 is 1.84 bits per heavy atom. The SMILES string of the molecule is CCOC(=O)c1[nH]ccc1N(Cc1ccccc1C1CCCCN1C(=O)O)C(=S)NC(=O)c1ccccc1. The maximum atomic E-state index is 12.9. The first-order valence-electron chi connectivity index (χ1n) is 12.5. The van der Waals surface area contributed by atoms with Gasteiger partial charge in [-0.15, -0.1) is 0 Å². The number of piperidine rings is 1. The summed E-state index contributed by atoms with van der Waals surface area (Å²) < 4.78 is 5.22. The Kier molecular flexibility index (Phi) is 8.75. The van der Waals surface area contributed by atoms with Crippen molar-refractivity contribution in [2.45, 2.75) is 38.8 Å². The second kappa shape index (κ2) is 12.4. The molecule has 2 aromatic carbocycles. The lowest BCUT2D eigenvalue weighted by molar-refractivity contribution is 0.0521. The molecule has 1 aromatic heterocycles. The monoisotopic (exact) mass is 534 g/mol. The summed E-state index contributed by atoms with van der Waals surface area (Å²) in [5.74, 6) is -0.932. The fourth-order valence-corrected chi connectivity index (χ4v) is 4.96. The summed E-state index contributed by atoms with van der Waals surface area (Å²) in [6.45, 7) is 2.58. The number of esters is 1. The molecule has 4 rings (SSSR count). The number of carboxylic acid groups (broad SMARTS) is 1. The molecule has 0 bridgehead atoms. The van der Waals surface area contributed by atoms with Crippen molar-refractivity contribution in [2.75, 3.05) is 18.1 Å². The quantitative estimate of drug-likeness (QED) is 0.285. The fraction of sp³-hybridized carbons (Fsp3) is 0.286. The minimum absolute atomic E-state index is 0.0949. The van der Waals surface area contributed by atoms with Crippen molar-refractivity contribution in [1.82, 2.24) is 15.2 Å². The summed E-state index contributed by atoms with van der Waals surface area (Å²) in [5.41, 5.74) is 2.78. The molecule has 1 aliphatic heterocycles. The Morgan fingerprint density at radius 3 is 2.58 bits per heavy atom. The molecule has 38 heavy (non-hydrogen) atoms. The highest BCUT2D eigenvalue weighted by Crippen LogP contribution is 2.34. The van der Waals surface area contributed by atoms with Gasteiger partial charge in [0.05, 0.1) is 24.9 Å².